The fourth-order valence-corrected chi connectivity index (χ4v) is 4.46. The number of Topliss-reactive ketones (excluding diaryl/α,β-unsaturated/α-hetero) is 1. The van der Waals surface area contributed by atoms with Gasteiger partial charge in [0.15, 0.2) is 5.78 Å². The molecule has 0 bridgehead atoms. The Kier molecular flexibility index (Phi) is 5.43. The molecule has 2 atom stereocenters. The van der Waals surface area contributed by atoms with Crippen LogP contribution in [0.4, 0.5) is 4.39 Å². The van der Waals surface area contributed by atoms with Crippen molar-refractivity contribution in [2.24, 2.45) is 5.92 Å². The van der Waals surface area contributed by atoms with Crippen molar-refractivity contribution in [3.8, 4) is 11.4 Å². The minimum atomic E-state index is -0.414. The average molecular weight is 420 g/mol. The van der Waals surface area contributed by atoms with E-state index in [-0.39, 0.29) is 23.5 Å². The molecule has 1 aliphatic rings. The number of pyridine rings is 1. The number of benzene rings is 1. The molecule has 0 aliphatic heterocycles. The largest absolute Gasteiger partial charge is 0.512 e. The topological polar surface area (TPSA) is 80.9 Å². The molecule has 4 rings (SSSR count). The van der Waals surface area contributed by atoms with Gasteiger partial charge >= 0.3 is 0 Å². The first-order chi connectivity index (χ1) is 14.7. The second-order valence-corrected chi connectivity index (χ2v) is 8.37. The zero-order chi connectivity index (χ0) is 22.3. The second kappa shape index (κ2) is 8.06. The number of aliphatic hydroxyl groups excluding tert-OH is 1. The number of hydrogen-bond donors (Lipinski definition) is 1. The van der Waals surface area contributed by atoms with Gasteiger partial charge < -0.3 is 5.11 Å². The summed E-state index contributed by atoms with van der Waals surface area (Å²) in [5.41, 5.74) is 5.44. The van der Waals surface area contributed by atoms with Gasteiger partial charge in [0.1, 0.15) is 17.3 Å². The summed E-state index contributed by atoms with van der Waals surface area (Å²) in [6, 6.07) is 6.78. The summed E-state index contributed by atoms with van der Waals surface area (Å²) in [5, 5.41) is 19.2. The van der Waals surface area contributed by atoms with Gasteiger partial charge in [-0.15, -0.1) is 5.10 Å². The van der Waals surface area contributed by atoms with Crippen molar-refractivity contribution in [2.45, 2.75) is 46.6 Å². The van der Waals surface area contributed by atoms with Gasteiger partial charge in [-0.3, -0.25) is 9.78 Å². The SMILES string of the molecule is Cc1cc(C)c(C2=C(O)CC(C(C)n3cc(-c4ccc(F)cn4)nn3)CC2=O)c(C)c1. The minimum Gasteiger partial charge on any atom is -0.512 e. The maximum Gasteiger partial charge on any atom is 0.167 e. The van der Waals surface area contributed by atoms with Crippen LogP contribution in [0.2, 0.25) is 0 Å². The summed E-state index contributed by atoms with van der Waals surface area (Å²) < 4.78 is 14.8. The maximum atomic E-state index is 13.1. The van der Waals surface area contributed by atoms with Crippen molar-refractivity contribution in [1.82, 2.24) is 20.0 Å². The molecule has 7 heteroatoms. The van der Waals surface area contributed by atoms with Crippen LogP contribution in [-0.2, 0) is 4.79 Å². The van der Waals surface area contributed by atoms with E-state index in [1.165, 1.54) is 6.07 Å². The number of aryl methyl sites for hydroxylation is 3. The van der Waals surface area contributed by atoms with E-state index in [2.05, 4.69) is 15.3 Å². The highest BCUT2D eigenvalue weighted by molar-refractivity contribution is 6.22. The molecule has 6 nitrogen and oxygen atoms in total. The van der Waals surface area contributed by atoms with Crippen LogP contribution in [0.1, 0.15) is 48.1 Å². The quantitative estimate of drug-likeness (QED) is 0.648. The monoisotopic (exact) mass is 420 g/mol. The number of allylic oxidation sites excluding steroid dienone is 2. The van der Waals surface area contributed by atoms with Gasteiger partial charge in [0.25, 0.3) is 0 Å². The fourth-order valence-electron chi connectivity index (χ4n) is 4.46. The first-order valence-corrected chi connectivity index (χ1v) is 10.3. The van der Waals surface area contributed by atoms with Gasteiger partial charge in [0.05, 0.1) is 29.7 Å². The van der Waals surface area contributed by atoms with Gasteiger partial charge in [0, 0.05) is 12.8 Å². The first-order valence-electron chi connectivity index (χ1n) is 10.3. The number of hydrogen-bond acceptors (Lipinski definition) is 5. The summed E-state index contributed by atoms with van der Waals surface area (Å²) >= 11 is 0. The number of aromatic nitrogens is 4. The number of nitrogens with zero attached hydrogens (tertiary/aromatic N) is 4. The lowest BCUT2D eigenvalue weighted by atomic mass is 9.79. The summed E-state index contributed by atoms with van der Waals surface area (Å²) in [7, 11) is 0. The van der Waals surface area contributed by atoms with E-state index in [9.17, 15) is 14.3 Å². The molecule has 0 fully saturated rings. The number of carbonyl (C=O) groups excluding carboxylic acids is 1. The fraction of sp³-hybridized carbons (Fsp3) is 0.333. The van der Waals surface area contributed by atoms with E-state index < -0.39 is 5.82 Å². The molecule has 0 spiro atoms. The molecule has 0 saturated heterocycles. The van der Waals surface area contributed by atoms with Crippen LogP contribution in [0.15, 0.2) is 42.4 Å². The molecule has 0 amide bonds. The van der Waals surface area contributed by atoms with Gasteiger partial charge in [-0.25, -0.2) is 9.07 Å². The van der Waals surface area contributed by atoms with E-state index in [0.29, 0.717) is 29.8 Å². The average Bonchev–Trinajstić information content (AvgIpc) is 3.19. The smallest absolute Gasteiger partial charge is 0.167 e. The van der Waals surface area contributed by atoms with E-state index in [1.807, 2.05) is 39.8 Å². The molecular weight excluding hydrogens is 395 g/mol. The van der Waals surface area contributed by atoms with E-state index in [4.69, 9.17) is 0 Å². The van der Waals surface area contributed by atoms with E-state index in [1.54, 1.807) is 16.9 Å². The van der Waals surface area contributed by atoms with Crippen LogP contribution in [0.3, 0.4) is 0 Å². The van der Waals surface area contributed by atoms with Crippen LogP contribution >= 0.6 is 0 Å². The maximum absolute atomic E-state index is 13.1. The van der Waals surface area contributed by atoms with Gasteiger partial charge in [-0.2, -0.15) is 0 Å². The van der Waals surface area contributed by atoms with E-state index in [0.717, 1.165) is 28.5 Å². The van der Waals surface area contributed by atoms with Crippen LogP contribution in [-0.4, -0.2) is 30.9 Å². The van der Waals surface area contributed by atoms with E-state index >= 15 is 0 Å². The standard InChI is InChI=1S/C24H25FN4O2/c1-13-7-14(2)23(15(3)8-13)24-21(30)9-17(10-22(24)31)16(4)29-12-20(27-28-29)19-6-5-18(25)11-26-19/h5-8,11-12,16-17,30H,9-10H2,1-4H3. The lowest BCUT2D eigenvalue weighted by molar-refractivity contribution is -0.115. The zero-order valence-corrected chi connectivity index (χ0v) is 18.1. The minimum absolute atomic E-state index is 0.0591. The highest BCUT2D eigenvalue weighted by atomic mass is 19.1. The number of ketones is 1. The predicted molar refractivity (Wildman–Crippen MR) is 116 cm³/mol. The molecule has 2 aromatic heterocycles. The third-order valence-electron chi connectivity index (χ3n) is 6.00. The molecule has 0 radical (unpaired) electrons. The number of halogens is 1. The lowest BCUT2D eigenvalue weighted by Crippen LogP contribution is -2.26. The Morgan fingerprint density at radius 3 is 2.45 bits per heavy atom. The Hall–Kier alpha value is -3.35. The third-order valence-corrected chi connectivity index (χ3v) is 6.00. The lowest BCUT2D eigenvalue weighted by Gasteiger charge is -2.29. The Balaban J connectivity index is 1.59. The molecule has 1 aromatic carbocycles. The number of rotatable bonds is 4. The highest BCUT2D eigenvalue weighted by Gasteiger charge is 2.34. The van der Waals surface area contributed by atoms with Gasteiger partial charge in [-0.05, 0) is 62.4 Å². The molecular formula is C24H25FN4O2. The molecule has 1 aliphatic carbocycles. The molecule has 3 aromatic rings. The molecule has 1 N–H and O–H groups in total. The van der Waals surface area contributed by atoms with Crippen LogP contribution in [0, 0.1) is 32.5 Å². The van der Waals surface area contributed by atoms with Crippen molar-refractivity contribution in [1.29, 1.82) is 0 Å². The highest BCUT2D eigenvalue weighted by Crippen LogP contribution is 2.39. The third kappa shape index (κ3) is 4.00. The molecule has 2 heterocycles. The molecule has 31 heavy (non-hydrogen) atoms. The molecule has 160 valence electrons. The van der Waals surface area contributed by atoms with Crippen LogP contribution in [0.5, 0.6) is 0 Å². The van der Waals surface area contributed by atoms with Crippen molar-refractivity contribution >= 4 is 11.4 Å². The second-order valence-electron chi connectivity index (χ2n) is 8.37. The van der Waals surface area contributed by atoms with Gasteiger partial charge in [-0.1, -0.05) is 22.9 Å². The number of carbonyl (C=O) groups is 1. The first kappa shape index (κ1) is 20.9. The molecule has 2 unspecified atom stereocenters. The summed E-state index contributed by atoms with van der Waals surface area (Å²) in [5.74, 6) is -0.458. The van der Waals surface area contributed by atoms with Gasteiger partial charge in [0.2, 0.25) is 0 Å². The van der Waals surface area contributed by atoms with Crippen LogP contribution < -0.4 is 0 Å². The van der Waals surface area contributed by atoms with Crippen molar-refractivity contribution in [3.05, 3.63) is 70.5 Å². The Morgan fingerprint density at radius 2 is 1.84 bits per heavy atom. The summed E-state index contributed by atoms with van der Waals surface area (Å²) in [4.78, 5) is 17.1. The normalized spacial score (nSPS) is 17.8. The van der Waals surface area contributed by atoms with Crippen molar-refractivity contribution in [2.75, 3.05) is 0 Å². The Morgan fingerprint density at radius 1 is 1.13 bits per heavy atom. The van der Waals surface area contributed by atoms with Crippen LogP contribution in [0.25, 0.3) is 17.0 Å². The predicted octanol–water partition coefficient (Wildman–Crippen LogP) is 4.91. The number of aliphatic hydroxyl groups is 1. The van der Waals surface area contributed by atoms with Crippen molar-refractivity contribution in [3.63, 3.8) is 0 Å². The zero-order valence-electron chi connectivity index (χ0n) is 18.1. The Labute approximate surface area is 180 Å². The summed E-state index contributed by atoms with van der Waals surface area (Å²) in [6.07, 6.45) is 3.58. The van der Waals surface area contributed by atoms with Crippen molar-refractivity contribution < 1.29 is 14.3 Å². The molecule has 0 saturated carbocycles. The summed E-state index contributed by atoms with van der Waals surface area (Å²) in [6.45, 7) is 7.91. The Bertz CT molecular complexity index is 1160.